The third-order valence-electron chi connectivity index (χ3n) is 5.68. The van der Waals surface area contributed by atoms with Crippen molar-refractivity contribution in [3.63, 3.8) is 0 Å². The first kappa shape index (κ1) is 23.9. The van der Waals surface area contributed by atoms with Crippen molar-refractivity contribution in [1.29, 1.82) is 0 Å². The van der Waals surface area contributed by atoms with E-state index in [1.165, 1.54) is 18.4 Å². The molecule has 5 nitrogen and oxygen atoms in total. The number of carbonyl (C=O) groups is 2. The fourth-order valence-corrected chi connectivity index (χ4v) is 5.40. The highest BCUT2D eigenvalue weighted by molar-refractivity contribution is 7.17. The van der Waals surface area contributed by atoms with Crippen LogP contribution in [0.2, 0.25) is 10.0 Å². The number of carbonyl (C=O) groups excluding carboxylic acids is 2. The Kier molecular flexibility index (Phi) is 7.24. The van der Waals surface area contributed by atoms with Gasteiger partial charge in [0, 0.05) is 16.0 Å². The predicted molar refractivity (Wildman–Crippen MR) is 126 cm³/mol. The number of fused-ring (bicyclic) bond motifs is 1. The van der Waals surface area contributed by atoms with E-state index in [-0.39, 0.29) is 11.3 Å². The summed E-state index contributed by atoms with van der Waals surface area (Å²) in [6.07, 6.45) is 1.83. The number of nitrogens with one attached hydrogen (secondary N) is 1. The average molecular weight is 484 g/mol. The molecule has 8 heteroatoms. The van der Waals surface area contributed by atoms with Crippen LogP contribution in [-0.2, 0) is 22.4 Å². The van der Waals surface area contributed by atoms with E-state index in [4.69, 9.17) is 32.7 Å². The van der Waals surface area contributed by atoms with Crippen molar-refractivity contribution in [1.82, 2.24) is 0 Å². The van der Waals surface area contributed by atoms with E-state index in [0.717, 1.165) is 29.7 Å². The summed E-state index contributed by atoms with van der Waals surface area (Å²) in [5, 5.41) is 4.19. The molecule has 0 fully saturated rings. The van der Waals surface area contributed by atoms with Gasteiger partial charge in [-0.15, -0.1) is 11.3 Å². The number of methoxy groups -OCH3 is 1. The predicted octanol–water partition coefficient (Wildman–Crippen LogP) is 6.40. The minimum Gasteiger partial charge on any atom is -0.479 e. The number of hydrogen-bond donors (Lipinski definition) is 1. The van der Waals surface area contributed by atoms with Crippen LogP contribution >= 0.6 is 34.5 Å². The first-order valence-corrected chi connectivity index (χ1v) is 11.7. The SMILES string of the molecule is COC(=O)c1c(NC(=O)[C@@H](C)Oc2cc(Cl)ccc2Cl)sc2c1CC[C@H](C(C)(C)C)C2. The van der Waals surface area contributed by atoms with Gasteiger partial charge in [-0.1, -0.05) is 44.0 Å². The van der Waals surface area contributed by atoms with Gasteiger partial charge in [0.25, 0.3) is 5.91 Å². The molecule has 0 saturated heterocycles. The Morgan fingerprint density at radius 3 is 2.61 bits per heavy atom. The number of thiophene rings is 1. The first-order valence-electron chi connectivity index (χ1n) is 10.2. The van der Waals surface area contributed by atoms with E-state index in [0.29, 0.717) is 32.3 Å². The highest BCUT2D eigenvalue weighted by Gasteiger charge is 2.34. The second-order valence-electron chi connectivity index (χ2n) is 8.83. The van der Waals surface area contributed by atoms with E-state index in [1.54, 1.807) is 25.1 Å². The molecule has 1 amide bonds. The highest BCUT2D eigenvalue weighted by Crippen LogP contribution is 2.44. The average Bonchev–Trinajstić information content (AvgIpc) is 3.06. The van der Waals surface area contributed by atoms with Crippen LogP contribution in [0.15, 0.2) is 18.2 Å². The van der Waals surface area contributed by atoms with Crippen molar-refractivity contribution < 1.29 is 19.1 Å². The lowest BCUT2D eigenvalue weighted by Gasteiger charge is -2.33. The minimum absolute atomic E-state index is 0.176. The van der Waals surface area contributed by atoms with Crippen LogP contribution in [0.25, 0.3) is 0 Å². The molecule has 1 aromatic heterocycles. The summed E-state index contributed by atoms with van der Waals surface area (Å²) in [5.41, 5.74) is 1.62. The van der Waals surface area contributed by atoms with Crippen molar-refractivity contribution in [3.8, 4) is 5.75 Å². The zero-order valence-corrected chi connectivity index (χ0v) is 20.6. The van der Waals surface area contributed by atoms with Crippen molar-refractivity contribution in [3.05, 3.63) is 44.2 Å². The molecule has 0 spiro atoms. The number of hydrogen-bond acceptors (Lipinski definition) is 5. The van der Waals surface area contributed by atoms with Crippen LogP contribution in [0.5, 0.6) is 5.75 Å². The number of anilines is 1. The maximum absolute atomic E-state index is 12.9. The molecule has 1 aliphatic rings. The molecular formula is C23H27Cl2NO4S. The summed E-state index contributed by atoms with van der Waals surface area (Å²) in [5.74, 6) is 0.0176. The number of benzene rings is 1. The molecule has 3 rings (SSSR count). The van der Waals surface area contributed by atoms with Gasteiger partial charge in [-0.25, -0.2) is 4.79 Å². The normalized spacial score (nSPS) is 16.9. The van der Waals surface area contributed by atoms with E-state index in [1.807, 2.05) is 0 Å². The van der Waals surface area contributed by atoms with E-state index in [2.05, 4.69) is 26.1 Å². The van der Waals surface area contributed by atoms with Gasteiger partial charge in [-0.05, 0) is 55.2 Å². The van der Waals surface area contributed by atoms with Gasteiger partial charge < -0.3 is 14.8 Å². The molecule has 0 saturated carbocycles. The Labute approximate surface area is 197 Å². The fourth-order valence-electron chi connectivity index (χ4n) is 3.76. The molecule has 0 radical (unpaired) electrons. The highest BCUT2D eigenvalue weighted by atomic mass is 35.5. The molecule has 31 heavy (non-hydrogen) atoms. The van der Waals surface area contributed by atoms with Gasteiger partial charge in [-0.2, -0.15) is 0 Å². The second kappa shape index (κ2) is 9.39. The van der Waals surface area contributed by atoms with Gasteiger partial charge in [0.1, 0.15) is 10.8 Å². The molecule has 1 aliphatic carbocycles. The lowest BCUT2D eigenvalue weighted by atomic mass is 9.72. The largest absolute Gasteiger partial charge is 0.479 e. The molecule has 0 unspecified atom stereocenters. The van der Waals surface area contributed by atoms with Crippen LogP contribution in [0, 0.1) is 11.3 Å². The maximum Gasteiger partial charge on any atom is 0.341 e. The summed E-state index contributed by atoms with van der Waals surface area (Å²) in [4.78, 5) is 26.5. The Morgan fingerprint density at radius 2 is 1.97 bits per heavy atom. The molecule has 1 heterocycles. The third-order valence-corrected chi connectivity index (χ3v) is 7.40. The van der Waals surface area contributed by atoms with Crippen LogP contribution in [0.1, 0.15) is 54.9 Å². The van der Waals surface area contributed by atoms with Crippen molar-refractivity contribution >= 4 is 51.4 Å². The molecule has 2 atom stereocenters. The number of halogens is 2. The van der Waals surface area contributed by atoms with Crippen LogP contribution in [-0.4, -0.2) is 25.1 Å². The minimum atomic E-state index is -0.845. The van der Waals surface area contributed by atoms with Crippen LogP contribution in [0.4, 0.5) is 5.00 Å². The van der Waals surface area contributed by atoms with Gasteiger partial charge >= 0.3 is 5.97 Å². The molecule has 0 bridgehead atoms. The fraction of sp³-hybridized carbons (Fsp3) is 0.478. The summed E-state index contributed by atoms with van der Waals surface area (Å²) in [6, 6.07) is 4.81. The molecule has 2 aromatic rings. The lowest BCUT2D eigenvalue weighted by Crippen LogP contribution is -2.30. The van der Waals surface area contributed by atoms with Crippen molar-refractivity contribution in [2.75, 3.05) is 12.4 Å². The molecule has 0 aliphatic heterocycles. The monoisotopic (exact) mass is 483 g/mol. The van der Waals surface area contributed by atoms with Crippen LogP contribution < -0.4 is 10.1 Å². The summed E-state index contributed by atoms with van der Waals surface area (Å²) < 4.78 is 10.7. The van der Waals surface area contributed by atoms with Gasteiger partial charge in [-0.3, -0.25) is 4.79 Å². The third kappa shape index (κ3) is 5.36. The Bertz CT molecular complexity index is 996. The summed E-state index contributed by atoms with van der Waals surface area (Å²) in [6.45, 7) is 8.33. The zero-order chi connectivity index (χ0) is 22.9. The molecular weight excluding hydrogens is 457 g/mol. The van der Waals surface area contributed by atoms with Crippen molar-refractivity contribution in [2.24, 2.45) is 11.3 Å². The van der Waals surface area contributed by atoms with Gasteiger partial charge in [0.05, 0.1) is 17.7 Å². The number of amides is 1. The van der Waals surface area contributed by atoms with Gasteiger partial charge in [0.2, 0.25) is 0 Å². The Balaban J connectivity index is 1.83. The number of esters is 1. The molecule has 168 valence electrons. The quantitative estimate of drug-likeness (QED) is 0.499. The second-order valence-corrected chi connectivity index (χ2v) is 10.8. The van der Waals surface area contributed by atoms with Gasteiger partial charge in [0.15, 0.2) is 6.10 Å². The van der Waals surface area contributed by atoms with Crippen LogP contribution in [0.3, 0.4) is 0 Å². The first-order chi connectivity index (χ1) is 14.5. The molecule has 1 N–H and O–H groups in total. The molecule has 1 aromatic carbocycles. The summed E-state index contributed by atoms with van der Waals surface area (Å²) >= 11 is 13.6. The van der Waals surface area contributed by atoms with E-state index in [9.17, 15) is 9.59 Å². The van der Waals surface area contributed by atoms with Crippen molar-refractivity contribution in [2.45, 2.75) is 53.1 Å². The van der Waals surface area contributed by atoms with E-state index < -0.39 is 12.1 Å². The Hall–Kier alpha value is -1.76. The topological polar surface area (TPSA) is 64.6 Å². The summed E-state index contributed by atoms with van der Waals surface area (Å²) in [7, 11) is 1.35. The lowest BCUT2D eigenvalue weighted by molar-refractivity contribution is -0.122. The number of rotatable bonds is 5. The number of ether oxygens (including phenoxy) is 2. The zero-order valence-electron chi connectivity index (χ0n) is 18.3. The van der Waals surface area contributed by atoms with E-state index >= 15 is 0 Å². The standard InChI is InChI=1S/C23H27Cl2NO4S/c1-12(30-17-11-14(24)7-9-16(17)25)20(27)26-21-19(22(28)29-5)15-8-6-13(23(2,3)4)10-18(15)31-21/h7,9,11-13H,6,8,10H2,1-5H3,(H,26,27)/t12-,13+/m1/s1. The smallest absolute Gasteiger partial charge is 0.341 e. The Morgan fingerprint density at radius 1 is 1.26 bits per heavy atom. The maximum atomic E-state index is 12.9.